The second kappa shape index (κ2) is 6.98. The standard InChI is InChI=1S/C19H25NO/c1-12(2)19(16(7)20-8)15(6)17-9-10-18(14(5)11-17)21-13(3)4/h9-11,20H,1,3,6H2,2,4-5,7-8H3/b19-16-. The Balaban J connectivity index is 3.22. The molecule has 0 atom stereocenters. The molecule has 0 aliphatic heterocycles. The van der Waals surface area contributed by atoms with E-state index in [1.165, 1.54) is 0 Å². The molecule has 0 saturated heterocycles. The lowest BCUT2D eigenvalue weighted by atomic mass is 9.92. The maximum absolute atomic E-state index is 5.59. The zero-order valence-electron chi connectivity index (χ0n) is 13.8. The molecule has 0 spiro atoms. The van der Waals surface area contributed by atoms with E-state index in [1.54, 1.807) is 0 Å². The van der Waals surface area contributed by atoms with Gasteiger partial charge in [0.1, 0.15) is 5.75 Å². The van der Waals surface area contributed by atoms with Crippen LogP contribution in [0.1, 0.15) is 31.9 Å². The summed E-state index contributed by atoms with van der Waals surface area (Å²) in [5.74, 6) is 1.50. The number of hydrogen-bond donors (Lipinski definition) is 1. The molecular weight excluding hydrogens is 258 g/mol. The lowest BCUT2D eigenvalue weighted by Gasteiger charge is -2.17. The minimum absolute atomic E-state index is 0.679. The average Bonchev–Trinajstić information content (AvgIpc) is 2.39. The zero-order chi connectivity index (χ0) is 16.2. The van der Waals surface area contributed by atoms with Crippen LogP contribution >= 0.6 is 0 Å². The molecule has 0 unspecified atom stereocenters. The summed E-state index contributed by atoms with van der Waals surface area (Å²) in [6, 6.07) is 6.04. The summed E-state index contributed by atoms with van der Waals surface area (Å²) in [5, 5.41) is 3.17. The van der Waals surface area contributed by atoms with Gasteiger partial charge in [-0.1, -0.05) is 25.8 Å². The van der Waals surface area contributed by atoms with Crippen molar-refractivity contribution in [3.8, 4) is 5.75 Å². The Hall–Kier alpha value is -2.22. The minimum atomic E-state index is 0.679. The Morgan fingerprint density at radius 2 is 1.71 bits per heavy atom. The van der Waals surface area contributed by atoms with Crippen LogP contribution in [0.2, 0.25) is 0 Å². The van der Waals surface area contributed by atoms with E-state index in [0.717, 1.165) is 39.3 Å². The number of allylic oxidation sites excluding steroid dienone is 5. The van der Waals surface area contributed by atoms with Crippen molar-refractivity contribution in [2.24, 2.45) is 0 Å². The highest BCUT2D eigenvalue weighted by molar-refractivity contribution is 5.82. The second-order valence-corrected chi connectivity index (χ2v) is 5.29. The molecule has 0 aromatic heterocycles. The summed E-state index contributed by atoms with van der Waals surface area (Å²) in [4.78, 5) is 0. The van der Waals surface area contributed by atoms with E-state index in [2.05, 4.69) is 31.1 Å². The third-order valence-corrected chi connectivity index (χ3v) is 3.29. The number of ether oxygens (including phenoxy) is 1. The quantitative estimate of drug-likeness (QED) is 0.586. The Bertz CT molecular complexity index is 620. The molecule has 1 rings (SSSR count). The monoisotopic (exact) mass is 283 g/mol. The highest BCUT2D eigenvalue weighted by Gasteiger charge is 2.11. The fraction of sp³-hybridized carbons (Fsp3) is 0.263. The predicted octanol–water partition coefficient (Wildman–Crippen LogP) is 4.99. The zero-order valence-corrected chi connectivity index (χ0v) is 13.8. The summed E-state index contributed by atoms with van der Waals surface area (Å²) in [6.07, 6.45) is 0. The third-order valence-electron chi connectivity index (χ3n) is 3.29. The van der Waals surface area contributed by atoms with Gasteiger partial charge < -0.3 is 10.1 Å². The lowest BCUT2D eigenvalue weighted by Crippen LogP contribution is -2.07. The number of hydrogen-bond acceptors (Lipinski definition) is 2. The van der Waals surface area contributed by atoms with Crippen LogP contribution in [0, 0.1) is 6.92 Å². The van der Waals surface area contributed by atoms with Gasteiger partial charge in [-0.25, -0.2) is 0 Å². The molecule has 1 aromatic rings. The van der Waals surface area contributed by atoms with Crippen molar-refractivity contribution in [3.05, 3.63) is 71.7 Å². The Labute approximate surface area is 128 Å². The van der Waals surface area contributed by atoms with E-state index in [-0.39, 0.29) is 0 Å². The molecule has 0 saturated carbocycles. The first-order valence-electron chi connectivity index (χ1n) is 6.96. The Kier molecular flexibility index (Phi) is 5.60. The summed E-state index contributed by atoms with van der Waals surface area (Å²) in [5.41, 5.74) is 6.19. The molecular formula is C19H25NO. The highest BCUT2D eigenvalue weighted by atomic mass is 16.5. The van der Waals surface area contributed by atoms with Crippen molar-refractivity contribution in [3.63, 3.8) is 0 Å². The molecule has 0 aliphatic carbocycles. The molecule has 112 valence electrons. The number of aryl methyl sites for hydroxylation is 1. The second-order valence-electron chi connectivity index (χ2n) is 5.29. The van der Waals surface area contributed by atoms with Gasteiger partial charge in [-0.05, 0) is 62.1 Å². The molecule has 0 heterocycles. The van der Waals surface area contributed by atoms with E-state index < -0.39 is 0 Å². The van der Waals surface area contributed by atoms with E-state index in [0.29, 0.717) is 5.76 Å². The van der Waals surface area contributed by atoms with Crippen LogP contribution in [0.3, 0.4) is 0 Å². The maximum Gasteiger partial charge on any atom is 0.129 e. The van der Waals surface area contributed by atoms with Gasteiger partial charge in [0.25, 0.3) is 0 Å². The van der Waals surface area contributed by atoms with Crippen LogP contribution < -0.4 is 10.1 Å². The first kappa shape index (κ1) is 16.8. The van der Waals surface area contributed by atoms with Gasteiger partial charge in [0.05, 0.1) is 5.76 Å². The van der Waals surface area contributed by atoms with Crippen molar-refractivity contribution in [1.29, 1.82) is 0 Å². The molecule has 0 radical (unpaired) electrons. The molecule has 2 nitrogen and oxygen atoms in total. The highest BCUT2D eigenvalue weighted by Crippen LogP contribution is 2.31. The topological polar surface area (TPSA) is 21.3 Å². The van der Waals surface area contributed by atoms with Gasteiger partial charge in [0.2, 0.25) is 0 Å². The van der Waals surface area contributed by atoms with Crippen LogP contribution in [0.15, 0.2) is 60.5 Å². The fourth-order valence-corrected chi connectivity index (χ4v) is 2.21. The molecule has 2 heteroatoms. The van der Waals surface area contributed by atoms with E-state index in [4.69, 9.17) is 4.74 Å². The minimum Gasteiger partial charge on any atom is -0.462 e. The molecule has 1 N–H and O–H groups in total. The smallest absolute Gasteiger partial charge is 0.129 e. The van der Waals surface area contributed by atoms with Gasteiger partial charge in [0, 0.05) is 18.3 Å². The first-order valence-corrected chi connectivity index (χ1v) is 6.96. The Morgan fingerprint density at radius 1 is 1.10 bits per heavy atom. The van der Waals surface area contributed by atoms with Crippen molar-refractivity contribution < 1.29 is 4.74 Å². The third kappa shape index (κ3) is 4.12. The molecule has 1 aromatic carbocycles. The molecule has 0 fully saturated rings. The van der Waals surface area contributed by atoms with Gasteiger partial charge in [-0.2, -0.15) is 0 Å². The molecule has 0 bridgehead atoms. The van der Waals surface area contributed by atoms with Gasteiger partial charge in [0.15, 0.2) is 0 Å². The van der Waals surface area contributed by atoms with Crippen molar-refractivity contribution in [2.75, 3.05) is 7.05 Å². The summed E-state index contributed by atoms with van der Waals surface area (Å²) in [7, 11) is 1.90. The van der Waals surface area contributed by atoms with Crippen LogP contribution in [0.4, 0.5) is 0 Å². The van der Waals surface area contributed by atoms with Crippen molar-refractivity contribution in [2.45, 2.75) is 27.7 Å². The van der Waals surface area contributed by atoms with Gasteiger partial charge >= 0.3 is 0 Å². The van der Waals surface area contributed by atoms with Gasteiger partial charge in [-0.15, -0.1) is 0 Å². The van der Waals surface area contributed by atoms with Crippen LogP contribution in [0.5, 0.6) is 5.75 Å². The Morgan fingerprint density at radius 3 is 2.14 bits per heavy atom. The normalized spacial score (nSPS) is 11.5. The number of rotatable bonds is 6. The van der Waals surface area contributed by atoms with E-state index in [1.807, 2.05) is 46.9 Å². The van der Waals surface area contributed by atoms with Crippen LogP contribution in [-0.4, -0.2) is 7.05 Å². The van der Waals surface area contributed by atoms with Crippen molar-refractivity contribution >= 4 is 5.57 Å². The van der Waals surface area contributed by atoms with E-state index in [9.17, 15) is 0 Å². The molecule has 0 aliphatic rings. The first-order chi connectivity index (χ1) is 9.77. The van der Waals surface area contributed by atoms with Crippen LogP contribution in [0.25, 0.3) is 5.57 Å². The summed E-state index contributed by atoms with van der Waals surface area (Å²) in [6.45, 7) is 19.9. The van der Waals surface area contributed by atoms with Crippen molar-refractivity contribution in [1.82, 2.24) is 5.32 Å². The molecule has 21 heavy (non-hydrogen) atoms. The van der Waals surface area contributed by atoms with Crippen LogP contribution in [-0.2, 0) is 0 Å². The number of benzene rings is 1. The largest absolute Gasteiger partial charge is 0.462 e. The summed E-state index contributed by atoms with van der Waals surface area (Å²) < 4.78 is 5.59. The number of nitrogens with one attached hydrogen (secondary N) is 1. The van der Waals surface area contributed by atoms with E-state index >= 15 is 0 Å². The predicted molar refractivity (Wildman–Crippen MR) is 92.2 cm³/mol. The average molecular weight is 283 g/mol. The maximum atomic E-state index is 5.59. The fourth-order valence-electron chi connectivity index (χ4n) is 2.21. The SMILES string of the molecule is C=C(C)Oc1ccc(C(=C)/C(C(=C)C)=C(/C)NC)cc1C. The molecule has 0 amide bonds. The summed E-state index contributed by atoms with van der Waals surface area (Å²) >= 11 is 0. The lowest BCUT2D eigenvalue weighted by molar-refractivity contribution is 0.427. The van der Waals surface area contributed by atoms with Gasteiger partial charge in [-0.3, -0.25) is 0 Å².